The number of hydrogen-bond acceptors (Lipinski definition) is 3. The lowest BCUT2D eigenvalue weighted by Crippen LogP contribution is -1.92. The molecule has 0 aliphatic heterocycles. The van der Waals surface area contributed by atoms with E-state index in [1.54, 1.807) is 36.4 Å². The monoisotopic (exact) mass is 544 g/mol. The Morgan fingerprint density at radius 3 is 2.21 bits per heavy atom. The van der Waals surface area contributed by atoms with E-state index >= 15 is 4.39 Å². The summed E-state index contributed by atoms with van der Waals surface area (Å²) in [4.78, 5) is 0. The van der Waals surface area contributed by atoms with Gasteiger partial charge < -0.3 is 13.3 Å². The van der Waals surface area contributed by atoms with Crippen molar-refractivity contribution >= 4 is 56.1 Å². The summed E-state index contributed by atoms with van der Waals surface area (Å²) in [5.41, 5.74) is 3.61. The molecule has 7 rings (SSSR count). The van der Waals surface area contributed by atoms with Crippen LogP contribution in [0.15, 0.2) is 92.1 Å². The van der Waals surface area contributed by atoms with E-state index in [1.807, 2.05) is 31.2 Å². The third-order valence-electron chi connectivity index (χ3n) is 6.65. The summed E-state index contributed by atoms with van der Waals surface area (Å²) in [6.07, 6.45) is 0. The molecule has 0 spiro atoms. The average Bonchev–Trinajstić information content (AvgIpc) is 3.62. The summed E-state index contributed by atoms with van der Waals surface area (Å²) in [5, 5.41) is 2.30. The Labute approximate surface area is 224 Å². The van der Waals surface area contributed by atoms with Gasteiger partial charge in [-0.1, -0.05) is 34.8 Å². The van der Waals surface area contributed by atoms with Crippen LogP contribution < -0.4 is 0 Å². The van der Waals surface area contributed by atoms with Crippen LogP contribution in [-0.4, -0.2) is 0 Å². The quantitative estimate of drug-likeness (QED) is 0.222. The zero-order chi connectivity index (χ0) is 26.1. The highest BCUT2D eigenvalue weighted by molar-refractivity contribution is 6.31. The minimum absolute atomic E-state index is 0.0358. The van der Waals surface area contributed by atoms with Crippen molar-refractivity contribution < 1.29 is 22.0 Å². The van der Waals surface area contributed by atoms with Gasteiger partial charge in [0.05, 0.1) is 16.0 Å². The lowest BCUT2D eigenvalue weighted by Gasteiger charge is -2.11. The Bertz CT molecular complexity index is 2050. The molecule has 0 unspecified atom stereocenters. The van der Waals surface area contributed by atoms with Gasteiger partial charge in [-0.2, -0.15) is 0 Å². The maximum Gasteiger partial charge on any atom is 0.152 e. The van der Waals surface area contributed by atoms with E-state index < -0.39 is 11.6 Å². The van der Waals surface area contributed by atoms with Crippen molar-refractivity contribution in [2.45, 2.75) is 6.92 Å². The van der Waals surface area contributed by atoms with E-state index in [0.29, 0.717) is 33.1 Å². The number of benzene rings is 4. The minimum Gasteiger partial charge on any atom is -0.456 e. The Kier molecular flexibility index (Phi) is 5.15. The van der Waals surface area contributed by atoms with Gasteiger partial charge in [0, 0.05) is 33.0 Å². The highest BCUT2D eigenvalue weighted by atomic mass is 35.5. The van der Waals surface area contributed by atoms with Crippen molar-refractivity contribution in [2.24, 2.45) is 0 Å². The molecule has 0 bridgehead atoms. The third-order valence-corrected chi connectivity index (χ3v) is 7.18. The van der Waals surface area contributed by atoms with Crippen LogP contribution in [0.4, 0.5) is 8.78 Å². The van der Waals surface area contributed by atoms with Crippen molar-refractivity contribution in [3.8, 4) is 34.0 Å². The standard InChI is InChI=1S/C31H16Cl2F2O3/c1-15-2-8-23-17(10-15)12-26(36-23)19-5-7-22(34)30(27-11-16-3-4-18(32)13-25(16)38-27)29(19)28-14-20-24(37-28)9-6-21(33)31(20)35/h2-14H,1H3. The lowest BCUT2D eigenvalue weighted by atomic mass is 9.94. The fourth-order valence-corrected chi connectivity index (χ4v) is 5.20. The van der Waals surface area contributed by atoms with E-state index in [1.165, 1.54) is 18.2 Å². The molecule has 0 saturated heterocycles. The molecular weight excluding hydrogens is 529 g/mol. The maximum atomic E-state index is 15.7. The van der Waals surface area contributed by atoms with Crippen LogP contribution in [0.1, 0.15) is 5.56 Å². The Hall–Kier alpha value is -4.06. The summed E-state index contributed by atoms with van der Waals surface area (Å²) in [7, 11) is 0. The Balaban J connectivity index is 1.56. The minimum atomic E-state index is -0.615. The highest BCUT2D eigenvalue weighted by Crippen LogP contribution is 2.46. The molecule has 0 saturated carbocycles. The SMILES string of the molecule is Cc1ccc2oc(-c3ccc(F)c(-c4cc5ccc(Cl)cc5o4)c3-c3cc4c(F)c(Cl)ccc4o3)cc2c1. The van der Waals surface area contributed by atoms with Crippen molar-refractivity contribution in [3.05, 3.63) is 106 Å². The van der Waals surface area contributed by atoms with E-state index in [-0.39, 0.29) is 33.1 Å². The molecule has 3 heterocycles. The highest BCUT2D eigenvalue weighted by Gasteiger charge is 2.26. The smallest absolute Gasteiger partial charge is 0.152 e. The largest absolute Gasteiger partial charge is 0.456 e. The average molecular weight is 545 g/mol. The Morgan fingerprint density at radius 2 is 1.34 bits per heavy atom. The van der Waals surface area contributed by atoms with Gasteiger partial charge in [0.1, 0.15) is 39.8 Å². The van der Waals surface area contributed by atoms with Gasteiger partial charge in [-0.05, 0) is 73.7 Å². The molecule has 0 aliphatic rings. The molecule has 7 aromatic rings. The second kappa shape index (κ2) is 8.48. The number of furan rings is 3. The molecule has 0 radical (unpaired) electrons. The van der Waals surface area contributed by atoms with Gasteiger partial charge in [-0.15, -0.1) is 0 Å². The molecule has 186 valence electrons. The van der Waals surface area contributed by atoms with Gasteiger partial charge in [0.15, 0.2) is 5.82 Å². The van der Waals surface area contributed by atoms with Crippen molar-refractivity contribution in [2.75, 3.05) is 0 Å². The van der Waals surface area contributed by atoms with Gasteiger partial charge in [0.25, 0.3) is 0 Å². The van der Waals surface area contributed by atoms with Crippen LogP contribution >= 0.6 is 23.2 Å². The van der Waals surface area contributed by atoms with E-state index in [0.717, 1.165) is 16.3 Å². The second-order valence-corrected chi connectivity index (χ2v) is 10.0. The number of hydrogen-bond donors (Lipinski definition) is 0. The molecular formula is C31H16Cl2F2O3. The summed E-state index contributed by atoms with van der Waals surface area (Å²) in [5.74, 6) is -0.153. The third kappa shape index (κ3) is 3.62. The molecule has 0 fully saturated rings. The molecule has 3 nitrogen and oxygen atoms in total. The number of fused-ring (bicyclic) bond motifs is 3. The van der Waals surface area contributed by atoms with Crippen molar-refractivity contribution in [1.82, 2.24) is 0 Å². The lowest BCUT2D eigenvalue weighted by molar-refractivity contribution is 0.596. The molecule has 38 heavy (non-hydrogen) atoms. The summed E-state index contributed by atoms with van der Waals surface area (Å²) >= 11 is 12.2. The predicted molar refractivity (Wildman–Crippen MR) is 147 cm³/mol. The first kappa shape index (κ1) is 23.1. The van der Waals surface area contributed by atoms with Crippen LogP contribution in [0.5, 0.6) is 0 Å². The topological polar surface area (TPSA) is 39.4 Å². The van der Waals surface area contributed by atoms with E-state index in [4.69, 9.17) is 36.5 Å². The first-order valence-corrected chi connectivity index (χ1v) is 12.5. The van der Waals surface area contributed by atoms with E-state index in [9.17, 15) is 4.39 Å². The summed E-state index contributed by atoms with van der Waals surface area (Å²) in [6, 6.07) is 22.2. The van der Waals surface area contributed by atoms with Crippen LogP contribution in [0, 0.1) is 18.6 Å². The fraction of sp³-hybridized carbons (Fsp3) is 0.0323. The normalized spacial score (nSPS) is 11.8. The van der Waals surface area contributed by atoms with Crippen LogP contribution in [0.2, 0.25) is 10.0 Å². The zero-order valence-electron chi connectivity index (χ0n) is 19.7. The van der Waals surface area contributed by atoms with Crippen molar-refractivity contribution in [1.29, 1.82) is 0 Å². The Morgan fingerprint density at radius 1 is 0.605 bits per heavy atom. The van der Waals surface area contributed by atoms with Gasteiger partial charge in [-0.3, -0.25) is 0 Å². The molecule has 0 N–H and O–H groups in total. The van der Waals surface area contributed by atoms with Gasteiger partial charge in [0.2, 0.25) is 0 Å². The van der Waals surface area contributed by atoms with Crippen molar-refractivity contribution in [3.63, 3.8) is 0 Å². The van der Waals surface area contributed by atoms with Crippen LogP contribution in [0.3, 0.4) is 0 Å². The summed E-state index contributed by atoms with van der Waals surface area (Å²) < 4.78 is 49.0. The predicted octanol–water partition coefficient (Wildman–Crippen LogP) is 10.8. The molecule has 0 aliphatic carbocycles. The maximum absolute atomic E-state index is 15.7. The molecule has 4 aromatic carbocycles. The second-order valence-electron chi connectivity index (χ2n) is 9.17. The van der Waals surface area contributed by atoms with Crippen LogP contribution in [-0.2, 0) is 0 Å². The molecule has 0 amide bonds. The summed E-state index contributed by atoms with van der Waals surface area (Å²) in [6.45, 7) is 2.00. The molecule has 0 atom stereocenters. The van der Waals surface area contributed by atoms with Gasteiger partial charge in [-0.25, -0.2) is 8.78 Å². The zero-order valence-corrected chi connectivity index (χ0v) is 21.3. The number of rotatable bonds is 3. The number of aryl methyl sites for hydroxylation is 1. The van der Waals surface area contributed by atoms with Gasteiger partial charge >= 0.3 is 0 Å². The number of halogens is 4. The fourth-order valence-electron chi connectivity index (χ4n) is 4.88. The van der Waals surface area contributed by atoms with Crippen LogP contribution in [0.25, 0.3) is 66.9 Å². The first-order chi connectivity index (χ1) is 18.4. The first-order valence-electron chi connectivity index (χ1n) is 11.8. The van der Waals surface area contributed by atoms with E-state index in [2.05, 4.69) is 0 Å². The molecule has 3 aromatic heterocycles. The molecule has 7 heteroatoms.